The molecular weight excluding hydrogens is 847 g/mol. The highest BCUT2D eigenvalue weighted by atomic mass is 16.3. The monoisotopic (exact) mass is 889 g/mol. The van der Waals surface area contributed by atoms with Gasteiger partial charge >= 0.3 is 0 Å². The topological polar surface area (TPSA) is 18.1 Å². The summed E-state index contributed by atoms with van der Waals surface area (Å²) in [7, 11) is 0. The molecule has 0 N–H and O–H groups in total. The fourth-order valence-corrected chi connectivity index (χ4v) is 11.1. The standard InChI is InChI=1S/C68H43NO/c1-5-17-44(18-6-1)50-33-38-65-60(39-50)62-42-52(45-19-7-2-8-20-45)41-59(68(62)70-65)51-32-36-55-54-25-15-16-28-63(54)69(64(55)43-51)53-34-29-46(30-35-53)49-31-37-58-61(40-49)67(48-23-11-4-12-24-48)57-27-14-13-26-56(57)66(58)47-21-9-3-10-22-47/h1-43H. The molecule has 2 heteroatoms. The Labute approximate surface area is 405 Å². The zero-order valence-corrected chi connectivity index (χ0v) is 38.2. The van der Waals surface area contributed by atoms with E-state index in [0.29, 0.717) is 0 Å². The van der Waals surface area contributed by atoms with Crippen LogP contribution in [0, 0.1) is 0 Å². The first-order chi connectivity index (χ1) is 34.7. The predicted molar refractivity (Wildman–Crippen MR) is 296 cm³/mol. The van der Waals surface area contributed by atoms with Crippen LogP contribution >= 0.6 is 0 Å². The van der Waals surface area contributed by atoms with Crippen LogP contribution in [0.5, 0.6) is 0 Å². The summed E-state index contributed by atoms with van der Waals surface area (Å²) in [6.45, 7) is 0. The molecule has 0 atom stereocenters. The summed E-state index contributed by atoms with van der Waals surface area (Å²) in [6, 6.07) is 94.9. The van der Waals surface area contributed by atoms with Gasteiger partial charge in [-0.15, -0.1) is 0 Å². The number of furan rings is 1. The molecule has 0 unspecified atom stereocenters. The van der Waals surface area contributed by atoms with Crippen LogP contribution in [-0.2, 0) is 0 Å². The van der Waals surface area contributed by atoms with Crippen LogP contribution in [-0.4, -0.2) is 4.57 Å². The highest BCUT2D eigenvalue weighted by Gasteiger charge is 2.21. The summed E-state index contributed by atoms with van der Waals surface area (Å²) in [5.74, 6) is 0. The molecular formula is C68H43NO. The van der Waals surface area contributed by atoms with Crippen molar-refractivity contribution in [3.05, 3.63) is 261 Å². The zero-order chi connectivity index (χ0) is 46.1. The van der Waals surface area contributed by atoms with Crippen LogP contribution in [0.15, 0.2) is 265 Å². The minimum absolute atomic E-state index is 0.879. The van der Waals surface area contributed by atoms with Crippen molar-refractivity contribution >= 4 is 65.3 Å². The molecule has 14 aromatic rings. The number of fused-ring (bicyclic) bond motifs is 8. The number of nitrogens with zero attached hydrogens (tertiary/aromatic N) is 1. The third kappa shape index (κ3) is 6.49. The van der Waals surface area contributed by atoms with E-state index in [1.165, 1.54) is 87.9 Å². The first-order valence-electron chi connectivity index (χ1n) is 24.1. The van der Waals surface area contributed by atoms with Gasteiger partial charge in [-0.2, -0.15) is 0 Å². The smallest absolute Gasteiger partial charge is 0.143 e. The molecule has 0 saturated carbocycles. The second-order valence-electron chi connectivity index (χ2n) is 18.4. The SMILES string of the molecule is c1ccc(-c2ccc3oc4c(-c5ccc6c7ccccc7n(-c7ccc(-c8ccc9c(-c%10ccccc%10)c%10ccccc%10c(-c%10ccccc%10)c9c8)cc7)c6c5)cc(-c5ccccc5)cc4c3c2)cc1. The van der Waals surface area contributed by atoms with Crippen LogP contribution in [0.25, 0.3) is 138 Å². The Bertz CT molecular complexity index is 4300. The molecule has 0 amide bonds. The van der Waals surface area contributed by atoms with E-state index in [1.807, 2.05) is 0 Å². The first kappa shape index (κ1) is 39.9. The maximum atomic E-state index is 6.86. The maximum absolute atomic E-state index is 6.86. The summed E-state index contributed by atoms with van der Waals surface area (Å²) in [5.41, 5.74) is 19.3. The molecule has 326 valence electrons. The maximum Gasteiger partial charge on any atom is 0.143 e. The van der Waals surface area contributed by atoms with Crippen molar-refractivity contribution in [3.8, 4) is 72.4 Å². The van der Waals surface area contributed by atoms with Crippen LogP contribution in [0.2, 0.25) is 0 Å². The summed E-state index contributed by atoms with van der Waals surface area (Å²) in [5, 5.41) is 9.65. The number of rotatable bonds is 7. The van der Waals surface area contributed by atoms with E-state index in [-0.39, 0.29) is 0 Å². The van der Waals surface area contributed by atoms with Crippen molar-refractivity contribution in [3.63, 3.8) is 0 Å². The third-order valence-electron chi connectivity index (χ3n) is 14.4. The van der Waals surface area contributed by atoms with E-state index in [9.17, 15) is 0 Å². The number of para-hydroxylation sites is 1. The van der Waals surface area contributed by atoms with Gasteiger partial charge in [0, 0.05) is 32.8 Å². The van der Waals surface area contributed by atoms with Crippen molar-refractivity contribution in [2.24, 2.45) is 0 Å². The van der Waals surface area contributed by atoms with Gasteiger partial charge in [-0.3, -0.25) is 0 Å². The zero-order valence-electron chi connectivity index (χ0n) is 38.2. The van der Waals surface area contributed by atoms with Crippen molar-refractivity contribution in [1.82, 2.24) is 4.57 Å². The number of aromatic nitrogens is 1. The summed E-state index contributed by atoms with van der Waals surface area (Å²) in [4.78, 5) is 0. The van der Waals surface area contributed by atoms with Gasteiger partial charge in [-0.05, 0) is 137 Å². The average molecular weight is 890 g/mol. The van der Waals surface area contributed by atoms with Crippen LogP contribution < -0.4 is 0 Å². The second-order valence-corrected chi connectivity index (χ2v) is 18.4. The van der Waals surface area contributed by atoms with Gasteiger partial charge in [0.2, 0.25) is 0 Å². The highest BCUT2D eigenvalue weighted by Crippen LogP contribution is 2.46. The molecule has 14 rings (SSSR count). The van der Waals surface area contributed by atoms with E-state index < -0.39 is 0 Å². The number of benzene rings is 12. The van der Waals surface area contributed by atoms with E-state index in [1.54, 1.807) is 0 Å². The average Bonchev–Trinajstić information content (AvgIpc) is 3.98. The Hall–Kier alpha value is -9.24. The van der Waals surface area contributed by atoms with Gasteiger partial charge in [0.05, 0.1) is 11.0 Å². The quantitative estimate of drug-likeness (QED) is 0.146. The number of hydrogen-bond acceptors (Lipinski definition) is 1. The van der Waals surface area contributed by atoms with Crippen LogP contribution in [0.3, 0.4) is 0 Å². The van der Waals surface area contributed by atoms with E-state index in [2.05, 4.69) is 265 Å². The van der Waals surface area contributed by atoms with Gasteiger partial charge in [0.25, 0.3) is 0 Å². The second kappa shape index (κ2) is 16.2. The van der Waals surface area contributed by atoms with E-state index in [0.717, 1.165) is 49.8 Å². The molecule has 70 heavy (non-hydrogen) atoms. The minimum Gasteiger partial charge on any atom is -0.455 e. The lowest BCUT2D eigenvalue weighted by molar-refractivity contribution is 0.670. The molecule has 2 nitrogen and oxygen atoms in total. The van der Waals surface area contributed by atoms with E-state index in [4.69, 9.17) is 4.42 Å². The lowest BCUT2D eigenvalue weighted by Crippen LogP contribution is -1.94. The molecule has 0 saturated heterocycles. The highest BCUT2D eigenvalue weighted by molar-refractivity contribution is 6.22. The minimum atomic E-state index is 0.879. The fourth-order valence-electron chi connectivity index (χ4n) is 11.1. The molecule has 12 aromatic carbocycles. The molecule has 0 spiro atoms. The Kier molecular flexibility index (Phi) is 9.25. The first-order valence-corrected chi connectivity index (χ1v) is 24.1. The van der Waals surface area contributed by atoms with Gasteiger partial charge in [0.15, 0.2) is 0 Å². The van der Waals surface area contributed by atoms with Gasteiger partial charge in [0.1, 0.15) is 11.2 Å². The largest absolute Gasteiger partial charge is 0.455 e. The molecule has 0 radical (unpaired) electrons. The van der Waals surface area contributed by atoms with Gasteiger partial charge in [-0.1, -0.05) is 206 Å². The Morgan fingerprint density at radius 1 is 0.243 bits per heavy atom. The van der Waals surface area contributed by atoms with Crippen molar-refractivity contribution in [2.45, 2.75) is 0 Å². The molecule has 0 fully saturated rings. The fraction of sp³-hybridized carbons (Fsp3) is 0. The lowest BCUT2D eigenvalue weighted by Gasteiger charge is -2.19. The van der Waals surface area contributed by atoms with Gasteiger partial charge in [-0.25, -0.2) is 0 Å². The Balaban J connectivity index is 0.929. The molecule has 0 aliphatic rings. The van der Waals surface area contributed by atoms with Crippen molar-refractivity contribution < 1.29 is 4.42 Å². The Morgan fingerprint density at radius 2 is 0.686 bits per heavy atom. The predicted octanol–water partition coefficient (Wildman–Crippen LogP) is 19.0. The molecule has 2 heterocycles. The third-order valence-corrected chi connectivity index (χ3v) is 14.4. The molecule has 0 bridgehead atoms. The summed E-state index contributed by atoms with van der Waals surface area (Å²) < 4.78 is 9.29. The molecule has 0 aliphatic heterocycles. The normalized spacial score (nSPS) is 11.7. The molecule has 0 aliphatic carbocycles. The Morgan fingerprint density at radius 3 is 1.34 bits per heavy atom. The summed E-state index contributed by atoms with van der Waals surface area (Å²) in [6.07, 6.45) is 0. The lowest BCUT2D eigenvalue weighted by atomic mass is 9.85. The van der Waals surface area contributed by atoms with Crippen LogP contribution in [0.4, 0.5) is 0 Å². The molecule has 2 aromatic heterocycles. The number of hydrogen-bond donors (Lipinski definition) is 0. The van der Waals surface area contributed by atoms with E-state index >= 15 is 0 Å². The summed E-state index contributed by atoms with van der Waals surface area (Å²) >= 11 is 0. The van der Waals surface area contributed by atoms with Crippen molar-refractivity contribution in [1.29, 1.82) is 0 Å². The van der Waals surface area contributed by atoms with Crippen molar-refractivity contribution in [2.75, 3.05) is 0 Å². The van der Waals surface area contributed by atoms with Gasteiger partial charge < -0.3 is 8.98 Å². The van der Waals surface area contributed by atoms with Crippen LogP contribution in [0.1, 0.15) is 0 Å².